The summed E-state index contributed by atoms with van der Waals surface area (Å²) in [7, 11) is 0. The fourth-order valence-corrected chi connectivity index (χ4v) is 5.33. The van der Waals surface area contributed by atoms with Crippen molar-refractivity contribution < 1.29 is 4.79 Å². The maximum absolute atomic E-state index is 13.6. The van der Waals surface area contributed by atoms with Crippen molar-refractivity contribution in [3.05, 3.63) is 119 Å². The van der Waals surface area contributed by atoms with Gasteiger partial charge in [0.15, 0.2) is 0 Å². The van der Waals surface area contributed by atoms with Crippen molar-refractivity contribution in [1.29, 1.82) is 0 Å². The maximum atomic E-state index is 13.6. The summed E-state index contributed by atoms with van der Waals surface area (Å²) in [6.07, 6.45) is 5.18. The van der Waals surface area contributed by atoms with E-state index in [0.29, 0.717) is 13.0 Å². The van der Waals surface area contributed by atoms with Crippen LogP contribution in [0.4, 0.5) is 5.69 Å². The number of carbonyl (C=O) groups is 1. The minimum absolute atomic E-state index is 0.0616. The Morgan fingerprint density at radius 2 is 1.65 bits per heavy atom. The largest absolute Gasteiger partial charge is 0.376 e. The summed E-state index contributed by atoms with van der Waals surface area (Å²) in [5, 5.41) is 3.35. The van der Waals surface area contributed by atoms with Gasteiger partial charge in [-0.25, -0.2) is 4.98 Å². The highest BCUT2D eigenvalue weighted by atomic mass is 16.2. The van der Waals surface area contributed by atoms with Gasteiger partial charge in [0.25, 0.3) is 0 Å². The number of hydrogen-bond acceptors (Lipinski definition) is 3. The first-order valence-corrected chi connectivity index (χ1v) is 13.1. The van der Waals surface area contributed by atoms with Crippen LogP contribution in [0.3, 0.4) is 0 Å². The van der Waals surface area contributed by atoms with Crippen LogP contribution in [-0.2, 0) is 29.6 Å². The third-order valence-electron chi connectivity index (χ3n) is 7.45. The van der Waals surface area contributed by atoms with Gasteiger partial charge < -0.3 is 15.2 Å². The van der Waals surface area contributed by atoms with Crippen LogP contribution in [0.15, 0.2) is 91.4 Å². The molecule has 1 aliphatic rings. The molecule has 2 atom stereocenters. The molecule has 4 aromatic rings. The smallest absolute Gasteiger partial charge is 0.242 e. The molecular formula is C32H36N4O. The summed E-state index contributed by atoms with van der Waals surface area (Å²) >= 11 is 0. The van der Waals surface area contributed by atoms with Crippen LogP contribution in [0.5, 0.6) is 0 Å². The second kappa shape index (κ2) is 10.6. The lowest BCUT2D eigenvalue weighted by Gasteiger charge is -2.37. The number of nitrogens with one attached hydrogen (secondary N) is 2. The SMILES string of the molecule is CC(C)(C)c1ccc(CC(c2ccccc2)C(Cc2c[nH]cn2)N2Cc3ccccc3NCC2=O)cc1. The molecule has 2 N–H and O–H groups in total. The molecule has 2 heterocycles. The fraction of sp³-hybridized carbons (Fsp3) is 0.312. The molecule has 0 bridgehead atoms. The topological polar surface area (TPSA) is 61.0 Å². The van der Waals surface area contributed by atoms with Crippen molar-refractivity contribution in [2.45, 2.75) is 57.5 Å². The molecule has 0 saturated heterocycles. The normalized spacial score (nSPS) is 15.4. The number of benzene rings is 3. The first kappa shape index (κ1) is 24.8. The molecule has 5 rings (SSSR count). The van der Waals surface area contributed by atoms with E-state index in [1.54, 1.807) is 6.33 Å². The van der Waals surface area contributed by atoms with Gasteiger partial charge >= 0.3 is 0 Å². The molecule has 0 aliphatic carbocycles. The van der Waals surface area contributed by atoms with Crippen LogP contribution in [0.1, 0.15) is 54.6 Å². The van der Waals surface area contributed by atoms with Gasteiger partial charge in [0, 0.05) is 36.8 Å². The van der Waals surface area contributed by atoms with Crippen molar-refractivity contribution in [2.75, 3.05) is 11.9 Å². The maximum Gasteiger partial charge on any atom is 0.242 e. The Bertz CT molecular complexity index is 1310. The molecule has 0 radical (unpaired) electrons. The summed E-state index contributed by atoms with van der Waals surface area (Å²) in [6.45, 7) is 7.59. The highest BCUT2D eigenvalue weighted by Gasteiger charge is 2.34. The zero-order valence-corrected chi connectivity index (χ0v) is 21.9. The van der Waals surface area contributed by atoms with Gasteiger partial charge in [-0.15, -0.1) is 0 Å². The van der Waals surface area contributed by atoms with Crippen molar-refractivity contribution in [1.82, 2.24) is 14.9 Å². The Balaban J connectivity index is 1.55. The van der Waals surface area contributed by atoms with Crippen molar-refractivity contribution in [2.24, 2.45) is 0 Å². The van der Waals surface area contributed by atoms with E-state index in [0.717, 1.165) is 23.4 Å². The fourth-order valence-electron chi connectivity index (χ4n) is 5.33. The lowest BCUT2D eigenvalue weighted by Crippen LogP contribution is -2.46. The van der Waals surface area contributed by atoms with Crippen molar-refractivity contribution in [3.8, 4) is 0 Å². The number of nitrogens with zero attached hydrogens (tertiary/aromatic N) is 2. The Labute approximate surface area is 220 Å². The number of fused-ring (bicyclic) bond motifs is 1. The number of rotatable bonds is 7. The van der Waals surface area contributed by atoms with Gasteiger partial charge in [0.2, 0.25) is 5.91 Å². The average molecular weight is 493 g/mol. The van der Waals surface area contributed by atoms with E-state index in [9.17, 15) is 4.79 Å². The molecule has 5 nitrogen and oxygen atoms in total. The highest BCUT2D eigenvalue weighted by Crippen LogP contribution is 2.33. The molecule has 0 fully saturated rings. The van der Waals surface area contributed by atoms with Gasteiger partial charge in [-0.05, 0) is 40.2 Å². The zero-order valence-electron chi connectivity index (χ0n) is 21.9. The predicted octanol–water partition coefficient (Wildman–Crippen LogP) is 6.10. The highest BCUT2D eigenvalue weighted by molar-refractivity contribution is 5.83. The van der Waals surface area contributed by atoms with Crippen LogP contribution >= 0.6 is 0 Å². The molecule has 0 spiro atoms. The third-order valence-corrected chi connectivity index (χ3v) is 7.45. The lowest BCUT2D eigenvalue weighted by atomic mass is 9.81. The van der Waals surface area contributed by atoms with Crippen LogP contribution < -0.4 is 5.32 Å². The first-order chi connectivity index (χ1) is 17.9. The van der Waals surface area contributed by atoms with Gasteiger partial charge in [0.05, 0.1) is 18.6 Å². The number of hydrogen-bond donors (Lipinski definition) is 2. The van der Waals surface area contributed by atoms with Crippen LogP contribution in [0, 0.1) is 0 Å². The summed E-state index contributed by atoms with van der Waals surface area (Å²) in [4.78, 5) is 23.4. The number of carbonyl (C=O) groups excluding carboxylic acids is 1. The van der Waals surface area contributed by atoms with E-state index in [-0.39, 0.29) is 29.8 Å². The number of aromatic amines is 1. The number of amides is 1. The van der Waals surface area contributed by atoms with Crippen molar-refractivity contribution >= 4 is 11.6 Å². The van der Waals surface area contributed by atoms with E-state index >= 15 is 0 Å². The standard InChI is InChI=1S/C32H36N4O/c1-32(2,3)26-15-13-23(14-16-26)17-28(24-9-5-4-6-10-24)30(18-27-19-33-22-35-27)36-21-25-11-7-8-12-29(25)34-20-31(36)37/h4-16,19,22,28,30,34H,17-18,20-21H2,1-3H3,(H,33,35). The van der Waals surface area contributed by atoms with E-state index < -0.39 is 0 Å². The molecular weight excluding hydrogens is 456 g/mol. The predicted molar refractivity (Wildman–Crippen MR) is 150 cm³/mol. The minimum Gasteiger partial charge on any atom is -0.376 e. The van der Waals surface area contributed by atoms with E-state index in [1.807, 2.05) is 18.3 Å². The summed E-state index contributed by atoms with van der Waals surface area (Å²) in [5.74, 6) is 0.216. The number of aromatic nitrogens is 2. The van der Waals surface area contributed by atoms with E-state index in [2.05, 4.69) is 108 Å². The number of H-pyrrole nitrogens is 1. The molecule has 37 heavy (non-hydrogen) atoms. The Kier molecular flexibility index (Phi) is 7.13. The summed E-state index contributed by atoms with van der Waals surface area (Å²) in [5.41, 5.74) is 7.08. The van der Waals surface area contributed by atoms with E-state index in [1.165, 1.54) is 16.7 Å². The molecule has 2 unspecified atom stereocenters. The molecule has 0 saturated carbocycles. The van der Waals surface area contributed by atoms with Crippen molar-refractivity contribution in [3.63, 3.8) is 0 Å². The quantitative estimate of drug-likeness (QED) is 0.328. The molecule has 190 valence electrons. The van der Waals surface area contributed by atoms with Crippen LogP contribution in [0.25, 0.3) is 0 Å². The van der Waals surface area contributed by atoms with Crippen LogP contribution in [0.2, 0.25) is 0 Å². The Morgan fingerprint density at radius 3 is 2.35 bits per heavy atom. The van der Waals surface area contributed by atoms with Gasteiger partial charge in [-0.3, -0.25) is 4.79 Å². The zero-order chi connectivity index (χ0) is 25.8. The summed E-state index contributed by atoms with van der Waals surface area (Å²) in [6, 6.07) is 27.8. The third kappa shape index (κ3) is 5.77. The Hall–Kier alpha value is -3.86. The average Bonchev–Trinajstić information content (AvgIpc) is 3.36. The summed E-state index contributed by atoms with van der Waals surface area (Å²) < 4.78 is 0. The van der Waals surface area contributed by atoms with E-state index in [4.69, 9.17) is 0 Å². The number of para-hydroxylation sites is 1. The van der Waals surface area contributed by atoms with Crippen LogP contribution in [-0.4, -0.2) is 33.4 Å². The molecule has 5 heteroatoms. The lowest BCUT2D eigenvalue weighted by molar-refractivity contribution is -0.132. The Morgan fingerprint density at radius 1 is 0.919 bits per heavy atom. The molecule has 1 aromatic heterocycles. The number of imidazole rings is 1. The number of anilines is 1. The minimum atomic E-state index is -0.0616. The van der Waals surface area contributed by atoms with Gasteiger partial charge in [-0.2, -0.15) is 0 Å². The second-order valence-corrected chi connectivity index (χ2v) is 11.0. The second-order valence-electron chi connectivity index (χ2n) is 11.0. The molecule has 1 aliphatic heterocycles. The monoisotopic (exact) mass is 492 g/mol. The van der Waals surface area contributed by atoms with Gasteiger partial charge in [0.1, 0.15) is 0 Å². The molecule has 3 aromatic carbocycles. The van der Waals surface area contributed by atoms with Gasteiger partial charge in [-0.1, -0.05) is 93.6 Å². The first-order valence-electron chi connectivity index (χ1n) is 13.1. The molecule has 1 amide bonds.